The van der Waals surface area contributed by atoms with Gasteiger partial charge in [0.1, 0.15) is 0 Å². The van der Waals surface area contributed by atoms with Gasteiger partial charge in [-0.15, -0.1) is 0 Å². The maximum absolute atomic E-state index is 8.75. The molecule has 0 rings (SSSR count). The molecule has 0 unspecified atom stereocenters. The molecule has 0 radical (unpaired) electrons. The number of methoxy groups -OCH3 is 1. The van der Waals surface area contributed by atoms with Gasteiger partial charge in [0, 0.05) is 20.3 Å². The van der Waals surface area contributed by atoms with Gasteiger partial charge in [-0.25, -0.2) is 0 Å². The summed E-state index contributed by atoms with van der Waals surface area (Å²) in [4.78, 5) is 0. The summed E-state index contributed by atoms with van der Waals surface area (Å²) in [6.07, 6.45) is 0.533. The number of hydrogen-bond acceptors (Lipinski definition) is 3. The minimum Gasteiger partial charge on any atom is -0.391 e. The fourth-order valence-electron chi connectivity index (χ4n) is 0.559. The highest BCUT2D eigenvalue weighted by molar-refractivity contribution is 4.41. The molecule has 0 saturated heterocycles. The van der Waals surface area contributed by atoms with Crippen molar-refractivity contribution < 1.29 is 14.6 Å². The molecule has 0 saturated carbocycles. The molecule has 0 heterocycles. The first-order valence-corrected chi connectivity index (χ1v) is 3.52. The van der Waals surface area contributed by atoms with Crippen molar-refractivity contribution in [3.63, 3.8) is 0 Å². The van der Waals surface area contributed by atoms with Crippen LogP contribution in [0.15, 0.2) is 0 Å². The summed E-state index contributed by atoms with van der Waals surface area (Å²) in [5, 5.41) is 8.75. The Morgan fingerprint density at radius 1 is 1.40 bits per heavy atom. The Morgan fingerprint density at radius 3 is 2.60 bits per heavy atom. The van der Waals surface area contributed by atoms with Gasteiger partial charge in [-0.2, -0.15) is 0 Å². The van der Waals surface area contributed by atoms with Gasteiger partial charge in [0.25, 0.3) is 0 Å². The molecule has 1 atom stereocenters. The maximum atomic E-state index is 8.75. The van der Waals surface area contributed by atoms with Crippen molar-refractivity contribution in [3.05, 3.63) is 0 Å². The van der Waals surface area contributed by atoms with Crippen molar-refractivity contribution in [2.45, 2.75) is 19.4 Å². The summed E-state index contributed by atoms with van der Waals surface area (Å²) in [5.41, 5.74) is 0. The molecule has 10 heavy (non-hydrogen) atoms. The van der Waals surface area contributed by atoms with Crippen LogP contribution in [0.3, 0.4) is 0 Å². The Morgan fingerprint density at radius 2 is 2.10 bits per heavy atom. The van der Waals surface area contributed by atoms with Gasteiger partial charge in [0.05, 0.1) is 12.7 Å². The summed E-state index contributed by atoms with van der Waals surface area (Å²) in [7, 11) is 1.66. The Balaban J connectivity index is 2.77. The second-order valence-electron chi connectivity index (χ2n) is 2.27. The van der Waals surface area contributed by atoms with Crippen LogP contribution in [0.2, 0.25) is 0 Å². The lowest BCUT2D eigenvalue weighted by atomic mass is 10.4. The van der Waals surface area contributed by atoms with Crippen LogP contribution in [-0.4, -0.2) is 38.1 Å². The zero-order valence-corrected chi connectivity index (χ0v) is 6.67. The van der Waals surface area contributed by atoms with Crippen LogP contribution in [0, 0.1) is 0 Å². The standard InChI is InChI=1S/C7H16O3/c1-7(8)6-10-5-3-4-9-2/h7-8H,3-6H2,1-2H3/t7-/m0/s1. The van der Waals surface area contributed by atoms with E-state index in [1.54, 1.807) is 14.0 Å². The third-order valence-electron chi connectivity index (χ3n) is 0.996. The van der Waals surface area contributed by atoms with Crippen LogP contribution in [-0.2, 0) is 9.47 Å². The van der Waals surface area contributed by atoms with Gasteiger partial charge in [0.15, 0.2) is 0 Å². The quantitative estimate of drug-likeness (QED) is 0.555. The third-order valence-corrected chi connectivity index (χ3v) is 0.996. The molecule has 0 spiro atoms. The SMILES string of the molecule is COCCCOC[C@H](C)O. The highest BCUT2D eigenvalue weighted by Crippen LogP contribution is 1.86. The van der Waals surface area contributed by atoms with Crippen LogP contribution in [0.25, 0.3) is 0 Å². The van der Waals surface area contributed by atoms with E-state index in [0.717, 1.165) is 13.0 Å². The first kappa shape index (κ1) is 9.88. The molecule has 3 nitrogen and oxygen atoms in total. The van der Waals surface area contributed by atoms with E-state index in [4.69, 9.17) is 14.6 Å². The average Bonchev–Trinajstić information content (AvgIpc) is 1.87. The Bertz CT molecular complexity index is 63.9. The fourth-order valence-corrected chi connectivity index (χ4v) is 0.559. The van der Waals surface area contributed by atoms with Crippen molar-refractivity contribution in [2.24, 2.45) is 0 Å². The minimum absolute atomic E-state index is 0.359. The summed E-state index contributed by atoms with van der Waals surface area (Å²) >= 11 is 0. The molecular formula is C7H16O3. The number of aliphatic hydroxyl groups excluding tert-OH is 1. The lowest BCUT2D eigenvalue weighted by Gasteiger charge is -2.04. The smallest absolute Gasteiger partial charge is 0.0745 e. The number of ether oxygens (including phenoxy) is 2. The van der Waals surface area contributed by atoms with E-state index in [0.29, 0.717) is 13.2 Å². The molecule has 3 heteroatoms. The van der Waals surface area contributed by atoms with Crippen LogP contribution in [0.4, 0.5) is 0 Å². The second kappa shape index (κ2) is 6.99. The molecule has 1 N–H and O–H groups in total. The monoisotopic (exact) mass is 148 g/mol. The molecule has 0 amide bonds. The largest absolute Gasteiger partial charge is 0.391 e. The van der Waals surface area contributed by atoms with Crippen LogP contribution in [0.1, 0.15) is 13.3 Å². The van der Waals surface area contributed by atoms with Gasteiger partial charge in [-0.3, -0.25) is 0 Å². The van der Waals surface area contributed by atoms with Crippen LogP contribution >= 0.6 is 0 Å². The zero-order valence-electron chi connectivity index (χ0n) is 6.67. The van der Waals surface area contributed by atoms with Crippen molar-refractivity contribution in [1.82, 2.24) is 0 Å². The van der Waals surface area contributed by atoms with Crippen molar-refractivity contribution in [3.8, 4) is 0 Å². The highest BCUT2D eigenvalue weighted by Gasteiger charge is 1.93. The predicted molar refractivity (Wildman–Crippen MR) is 39.0 cm³/mol. The third kappa shape index (κ3) is 7.88. The van der Waals surface area contributed by atoms with E-state index >= 15 is 0 Å². The number of aliphatic hydroxyl groups is 1. The van der Waals surface area contributed by atoms with Gasteiger partial charge in [-0.1, -0.05) is 0 Å². The molecule has 0 aromatic carbocycles. The van der Waals surface area contributed by atoms with Crippen molar-refractivity contribution >= 4 is 0 Å². The Labute approximate surface area is 62.0 Å². The first-order valence-electron chi connectivity index (χ1n) is 3.52. The predicted octanol–water partition coefficient (Wildman–Crippen LogP) is 0.420. The average molecular weight is 148 g/mol. The van der Waals surface area contributed by atoms with Crippen LogP contribution in [0.5, 0.6) is 0 Å². The van der Waals surface area contributed by atoms with Crippen molar-refractivity contribution in [2.75, 3.05) is 26.9 Å². The lowest BCUT2D eigenvalue weighted by molar-refractivity contribution is 0.0370. The van der Waals surface area contributed by atoms with E-state index in [9.17, 15) is 0 Å². The second-order valence-corrected chi connectivity index (χ2v) is 2.27. The Hall–Kier alpha value is -0.120. The van der Waals surface area contributed by atoms with Crippen LogP contribution < -0.4 is 0 Å². The molecule has 62 valence electrons. The number of hydrogen-bond donors (Lipinski definition) is 1. The topological polar surface area (TPSA) is 38.7 Å². The molecule has 0 aliphatic carbocycles. The summed E-state index contributed by atoms with van der Waals surface area (Å²) in [5.74, 6) is 0. The van der Waals surface area contributed by atoms with Crippen molar-refractivity contribution in [1.29, 1.82) is 0 Å². The van der Waals surface area contributed by atoms with Gasteiger partial charge in [-0.05, 0) is 13.3 Å². The molecule has 0 fully saturated rings. The molecule has 0 bridgehead atoms. The zero-order chi connectivity index (χ0) is 7.82. The normalized spacial score (nSPS) is 13.5. The summed E-state index contributed by atoms with van der Waals surface area (Å²) < 4.78 is 9.87. The first-order chi connectivity index (χ1) is 4.77. The number of rotatable bonds is 6. The fraction of sp³-hybridized carbons (Fsp3) is 1.00. The maximum Gasteiger partial charge on any atom is 0.0745 e. The van der Waals surface area contributed by atoms with Gasteiger partial charge < -0.3 is 14.6 Å². The molecule has 0 aliphatic rings. The molecule has 0 aliphatic heterocycles. The minimum atomic E-state index is -0.359. The lowest BCUT2D eigenvalue weighted by Crippen LogP contribution is -2.11. The van der Waals surface area contributed by atoms with E-state index in [1.165, 1.54) is 0 Å². The van der Waals surface area contributed by atoms with E-state index in [-0.39, 0.29) is 6.10 Å². The molecular weight excluding hydrogens is 132 g/mol. The highest BCUT2D eigenvalue weighted by atomic mass is 16.5. The molecule has 0 aromatic rings. The van der Waals surface area contributed by atoms with Gasteiger partial charge in [0.2, 0.25) is 0 Å². The molecule has 0 aromatic heterocycles. The van der Waals surface area contributed by atoms with E-state index in [2.05, 4.69) is 0 Å². The van der Waals surface area contributed by atoms with Gasteiger partial charge >= 0.3 is 0 Å². The summed E-state index contributed by atoms with van der Waals surface area (Å²) in [6.45, 7) is 3.51. The summed E-state index contributed by atoms with van der Waals surface area (Å²) in [6, 6.07) is 0. The Kier molecular flexibility index (Phi) is 6.91. The van der Waals surface area contributed by atoms with E-state index < -0.39 is 0 Å². The van der Waals surface area contributed by atoms with E-state index in [1.807, 2.05) is 0 Å².